The Bertz CT molecular complexity index is 313. The summed E-state index contributed by atoms with van der Waals surface area (Å²) in [6, 6.07) is 6.84. The summed E-state index contributed by atoms with van der Waals surface area (Å²) in [7, 11) is 0. The van der Waals surface area contributed by atoms with Crippen molar-refractivity contribution in [2.45, 2.75) is 20.4 Å². The second-order valence-electron chi connectivity index (χ2n) is 4.46. The van der Waals surface area contributed by atoms with Crippen LogP contribution in [0.15, 0.2) is 24.3 Å². The summed E-state index contributed by atoms with van der Waals surface area (Å²) in [4.78, 5) is 0. The number of halogens is 1. The Morgan fingerprint density at radius 1 is 1.31 bits per heavy atom. The summed E-state index contributed by atoms with van der Waals surface area (Å²) in [6.45, 7) is 6.38. The lowest BCUT2D eigenvalue weighted by Gasteiger charge is -2.19. The van der Waals surface area contributed by atoms with Crippen LogP contribution >= 0.6 is 0 Å². The van der Waals surface area contributed by atoms with E-state index in [0.717, 1.165) is 6.54 Å². The predicted molar refractivity (Wildman–Crippen MR) is 65.5 cm³/mol. The van der Waals surface area contributed by atoms with Crippen LogP contribution in [0.4, 0.5) is 4.39 Å². The van der Waals surface area contributed by atoms with Crippen LogP contribution in [-0.4, -0.2) is 13.1 Å². The van der Waals surface area contributed by atoms with Gasteiger partial charge in [0.25, 0.3) is 0 Å². The third kappa shape index (κ3) is 3.91. The highest BCUT2D eigenvalue weighted by molar-refractivity contribution is 5.16. The van der Waals surface area contributed by atoms with Gasteiger partial charge in [0.1, 0.15) is 5.82 Å². The zero-order chi connectivity index (χ0) is 12.0. The van der Waals surface area contributed by atoms with Crippen LogP contribution < -0.4 is 11.1 Å². The Morgan fingerprint density at radius 3 is 2.56 bits per heavy atom. The molecule has 0 aliphatic heterocycles. The molecule has 1 unspecified atom stereocenters. The van der Waals surface area contributed by atoms with E-state index in [0.29, 0.717) is 30.5 Å². The van der Waals surface area contributed by atoms with E-state index in [4.69, 9.17) is 5.73 Å². The predicted octanol–water partition coefficient (Wildman–Crippen LogP) is 2.15. The molecule has 2 nitrogen and oxygen atoms in total. The van der Waals surface area contributed by atoms with Crippen LogP contribution in [0.2, 0.25) is 0 Å². The van der Waals surface area contributed by atoms with Crippen LogP contribution in [0.1, 0.15) is 19.4 Å². The third-order valence-electron chi connectivity index (χ3n) is 2.93. The topological polar surface area (TPSA) is 38.0 Å². The van der Waals surface area contributed by atoms with E-state index < -0.39 is 0 Å². The molecule has 16 heavy (non-hydrogen) atoms. The standard InChI is InChI=1S/C13H21FN2/c1-10(2)12(7-15)9-16-8-11-5-3-4-6-13(11)14/h3-6,10,12,16H,7-9,15H2,1-2H3. The van der Waals surface area contributed by atoms with Gasteiger partial charge in [-0.15, -0.1) is 0 Å². The van der Waals surface area contributed by atoms with Crippen LogP contribution in [0.25, 0.3) is 0 Å². The van der Waals surface area contributed by atoms with Gasteiger partial charge in [0.15, 0.2) is 0 Å². The summed E-state index contributed by atoms with van der Waals surface area (Å²) in [5.74, 6) is 0.855. The van der Waals surface area contributed by atoms with Crippen LogP contribution in [0, 0.1) is 17.7 Å². The molecule has 0 heterocycles. The van der Waals surface area contributed by atoms with Crippen molar-refractivity contribution >= 4 is 0 Å². The van der Waals surface area contributed by atoms with Gasteiger partial charge < -0.3 is 11.1 Å². The van der Waals surface area contributed by atoms with Crippen molar-refractivity contribution in [3.05, 3.63) is 35.6 Å². The maximum Gasteiger partial charge on any atom is 0.127 e. The largest absolute Gasteiger partial charge is 0.330 e. The molecule has 1 aromatic carbocycles. The minimum absolute atomic E-state index is 0.149. The van der Waals surface area contributed by atoms with Gasteiger partial charge in [0, 0.05) is 12.1 Å². The van der Waals surface area contributed by atoms with E-state index in [1.165, 1.54) is 6.07 Å². The Balaban J connectivity index is 2.38. The molecule has 0 bridgehead atoms. The van der Waals surface area contributed by atoms with E-state index in [1.54, 1.807) is 12.1 Å². The lowest BCUT2D eigenvalue weighted by molar-refractivity contribution is 0.369. The molecular weight excluding hydrogens is 203 g/mol. The summed E-state index contributed by atoms with van der Waals surface area (Å²) < 4.78 is 13.3. The number of nitrogens with two attached hydrogens (primary N) is 1. The van der Waals surface area contributed by atoms with Crippen molar-refractivity contribution in [1.29, 1.82) is 0 Å². The fourth-order valence-corrected chi connectivity index (χ4v) is 1.63. The lowest BCUT2D eigenvalue weighted by atomic mass is 9.96. The van der Waals surface area contributed by atoms with Gasteiger partial charge in [0.2, 0.25) is 0 Å². The van der Waals surface area contributed by atoms with Gasteiger partial charge in [0.05, 0.1) is 0 Å². The molecule has 0 aromatic heterocycles. The molecule has 0 fully saturated rings. The van der Waals surface area contributed by atoms with Crippen molar-refractivity contribution in [1.82, 2.24) is 5.32 Å². The molecule has 3 N–H and O–H groups in total. The zero-order valence-electron chi connectivity index (χ0n) is 10.0. The monoisotopic (exact) mass is 224 g/mol. The van der Waals surface area contributed by atoms with Crippen LogP contribution in [0.5, 0.6) is 0 Å². The molecule has 0 amide bonds. The van der Waals surface area contributed by atoms with E-state index in [-0.39, 0.29) is 5.82 Å². The first kappa shape index (κ1) is 13.1. The number of hydrogen-bond acceptors (Lipinski definition) is 2. The van der Waals surface area contributed by atoms with Crippen molar-refractivity contribution in [3.63, 3.8) is 0 Å². The molecular formula is C13H21FN2. The molecule has 0 radical (unpaired) electrons. The third-order valence-corrected chi connectivity index (χ3v) is 2.93. The lowest BCUT2D eigenvalue weighted by Crippen LogP contribution is -2.31. The maximum atomic E-state index is 13.3. The minimum atomic E-state index is -0.149. The first-order valence-electron chi connectivity index (χ1n) is 5.79. The molecule has 0 saturated carbocycles. The average Bonchev–Trinajstić information content (AvgIpc) is 2.26. The molecule has 0 aliphatic rings. The van der Waals surface area contributed by atoms with E-state index in [9.17, 15) is 4.39 Å². The van der Waals surface area contributed by atoms with Crippen molar-refractivity contribution < 1.29 is 4.39 Å². The van der Waals surface area contributed by atoms with E-state index in [1.807, 2.05) is 6.07 Å². The van der Waals surface area contributed by atoms with Crippen LogP contribution in [0.3, 0.4) is 0 Å². The van der Waals surface area contributed by atoms with Gasteiger partial charge >= 0.3 is 0 Å². The van der Waals surface area contributed by atoms with Crippen molar-refractivity contribution in [2.75, 3.05) is 13.1 Å². The maximum absolute atomic E-state index is 13.3. The van der Waals surface area contributed by atoms with Crippen LogP contribution in [-0.2, 0) is 6.54 Å². The zero-order valence-corrected chi connectivity index (χ0v) is 10.0. The summed E-state index contributed by atoms with van der Waals surface area (Å²) in [6.07, 6.45) is 0. The molecule has 0 saturated heterocycles. The quantitative estimate of drug-likeness (QED) is 0.777. The normalized spacial score (nSPS) is 13.1. The first-order chi connectivity index (χ1) is 7.65. The average molecular weight is 224 g/mol. The highest BCUT2D eigenvalue weighted by Crippen LogP contribution is 2.09. The summed E-state index contributed by atoms with van der Waals surface area (Å²) >= 11 is 0. The number of rotatable bonds is 6. The van der Waals surface area contributed by atoms with Gasteiger partial charge in [-0.05, 0) is 31.0 Å². The molecule has 90 valence electrons. The Kier molecular flexibility index (Phi) is 5.43. The number of hydrogen-bond donors (Lipinski definition) is 2. The number of nitrogens with one attached hydrogen (secondary N) is 1. The van der Waals surface area contributed by atoms with Gasteiger partial charge in [-0.1, -0.05) is 32.0 Å². The fraction of sp³-hybridized carbons (Fsp3) is 0.538. The molecule has 3 heteroatoms. The molecule has 1 aromatic rings. The fourth-order valence-electron chi connectivity index (χ4n) is 1.63. The van der Waals surface area contributed by atoms with Gasteiger partial charge in [-0.2, -0.15) is 0 Å². The highest BCUT2D eigenvalue weighted by atomic mass is 19.1. The smallest absolute Gasteiger partial charge is 0.127 e. The second kappa shape index (κ2) is 6.61. The SMILES string of the molecule is CC(C)C(CN)CNCc1ccccc1F. The summed E-state index contributed by atoms with van der Waals surface area (Å²) in [5, 5.41) is 3.25. The minimum Gasteiger partial charge on any atom is -0.330 e. The molecule has 1 rings (SSSR count). The van der Waals surface area contributed by atoms with E-state index in [2.05, 4.69) is 19.2 Å². The Labute approximate surface area is 97.0 Å². The molecule has 1 atom stereocenters. The van der Waals surface area contributed by atoms with Crippen molar-refractivity contribution in [2.24, 2.45) is 17.6 Å². The number of benzene rings is 1. The highest BCUT2D eigenvalue weighted by Gasteiger charge is 2.10. The molecule has 0 spiro atoms. The Hall–Kier alpha value is -0.930. The van der Waals surface area contributed by atoms with Crippen molar-refractivity contribution in [3.8, 4) is 0 Å². The summed E-state index contributed by atoms with van der Waals surface area (Å²) in [5.41, 5.74) is 6.38. The molecule has 0 aliphatic carbocycles. The second-order valence-corrected chi connectivity index (χ2v) is 4.46. The van der Waals surface area contributed by atoms with E-state index >= 15 is 0 Å². The Morgan fingerprint density at radius 2 is 2.00 bits per heavy atom. The van der Waals surface area contributed by atoms with Gasteiger partial charge in [-0.3, -0.25) is 0 Å². The van der Waals surface area contributed by atoms with Gasteiger partial charge in [-0.25, -0.2) is 4.39 Å². The first-order valence-corrected chi connectivity index (χ1v) is 5.79.